The fraction of sp³-hybridized carbons (Fsp3) is 0.727. The van der Waals surface area contributed by atoms with Crippen molar-refractivity contribution in [3.63, 3.8) is 0 Å². The molecule has 0 aromatic carbocycles. The van der Waals surface area contributed by atoms with Crippen molar-refractivity contribution in [2.24, 2.45) is 5.92 Å². The first-order chi connectivity index (χ1) is 7.88. The molecule has 6 heteroatoms. The molecular formula is C11H18N2O4. The molecule has 0 saturated carbocycles. The number of imide groups is 1. The highest BCUT2D eigenvalue weighted by Gasteiger charge is 2.39. The lowest BCUT2D eigenvalue weighted by atomic mass is 10.1. The van der Waals surface area contributed by atoms with E-state index in [0.717, 1.165) is 4.90 Å². The Hall–Kier alpha value is -1.43. The van der Waals surface area contributed by atoms with E-state index >= 15 is 0 Å². The first-order valence-corrected chi connectivity index (χ1v) is 5.47. The van der Waals surface area contributed by atoms with Gasteiger partial charge in [-0.2, -0.15) is 0 Å². The number of hydrogen-bond donors (Lipinski definition) is 0. The largest absolute Gasteiger partial charge is 0.469 e. The molecule has 2 unspecified atom stereocenters. The summed E-state index contributed by atoms with van der Waals surface area (Å²) < 4.78 is 4.62. The molecule has 1 saturated heterocycles. The number of likely N-dealkylation sites (tertiary alicyclic amines) is 1. The Morgan fingerprint density at radius 2 is 2.18 bits per heavy atom. The first-order valence-electron chi connectivity index (χ1n) is 5.47. The van der Waals surface area contributed by atoms with Gasteiger partial charge in [0, 0.05) is 13.6 Å². The highest BCUT2D eigenvalue weighted by molar-refractivity contribution is 6.05. The third-order valence-corrected chi connectivity index (χ3v) is 3.06. The van der Waals surface area contributed by atoms with Crippen LogP contribution >= 0.6 is 0 Å². The number of esters is 1. The van der Waals surface area contributed by atoms with Gasteiger partial charge in [0.2, 0.25) is 11.8 Å². The number of amides is 2. The SMILES string of the molecule is COC(=O)C(C)CN(C)C1CC(=O)N(C)C1=O. The first kappa shape index (κ1) is 13.6. The second-order valence-electron chi connectivity index (χ2n) is 4.37. The second-order valence-corrected chi connectivity index (χ2v) is 4.37. The summed E-state index contributed by atoms with van der Waals surface area (Å²) >= 11 is 0. The third-order valence-electron chi connectivity index (χ3n) is 3.06. The summed E-state index contributed by atoms with van der Waals surface area (Å²) in [5.41, 5.74) is 0. The Balaban J connectivity index is 2.60. The molecule has 1 rings (SSSR count). The zero-order valence-electron chi connectivity index (χ0n) is 10.6. The van der Waals surface area contributed by atoms with E-state index in [0.29, 0.717) is 6.54 Å². The molecule has 0 aromatic heterocycles. The maximum Gasteiger partial charge on any atom is 0.309 e. The van der Waals surface area contributed by atoms with E-state index in [1.54, 1.807) is 18.9 Å². The zero-order valence-corrected chi connectivity index (χ0v) is 10.6. The minimum absolute atomic E-state index is 0.180. The summed E-state index contributed by atoms with van der Waals surface area (Å²) in [4.78, 5) is 37.2. The minimum Gasteiger partial charge on any atom is -0.469 e. The molecule has 1 heterocycles. The third kappa shape index (κ3) is 2.82. The van der Waals surface area contributed by atoms with Crippen LogP contribution in [0.5, 0.6) is 0 Å². The smallest absolute Gasteiger partial charge is 0.309 e. The predicted molar refractivity (Wildman–Crippen MR) is 60.0 cm³/mol. The number of ether oxygens (including phenoxy) is 1. The van der Waals surface area contributed by atoms with Gasteiger partial charge in [-0.05, 0) is 7.05 Å². The number of methoxy groups -OCH3 is 1. The number of hydrogen-bond acceptors (Lipinski definition) is 5. The molecule has 0 N–H and O–H groups in total. The van der Waals surface area contributed by atoms with Crippen LogP contribution in [-0.4, -0.2) is 61.4 Å². The van der Waals surface area contributed by atoms with Crippen LogP contribution < -0.4 is 0 Å². The van der Waals surface area contributed by atoms with Crippen molar-refractivity contribution >= 4 is 17.8 Å². The van der Waals surface area contributed by atoms with Gasteiger partial charge in [0.25, 0.3) is 0 Å². The molecule has 0 aromatic rings. The van der Waals surface area contributed by atoms with Crippen LogP contribution in [0.1, 0.15) is 13.3 Å². The van der Waals surface area contributed by atoms with Gasteiger partial charge >= 0.3 is 5.97 Å². The highest BCUT2D eigenvalue weighted by Crippen LogP contribution is 2.17. The summed E-state index contributed by atoms with van der Waals surface area (Å²) in [7, 11) is 4.54. The summed E-state index contributed by atoms with van der Waals surface area (Å²) in [6.45, 7) is 2.12. The van der Waals surface area contributed by atoms with Crippen LogP contribution in [0.3, 0.4) is 0 Å². The van der Waals surface area contributed by atoms with Gasteiger partial charge in [0.05, 0.1) is 25.5 Å². The molecule has 2 amide bonds. The molecule has 1 aliphatic heterocycles. The van der Waals surface area contributed by atoms with Crippen molar-refractivity contribution in [2.45, 2.75) is 19.4 Å². The highest BCUT2D eigenvalue weighted by atomic mass is 16.5. The van der Waals surface area contributed by atoms with Crippen LogP contribution in [-0.2, 0) is 19.1 Å². The Morgan fingerprint density at radius 1 is 1.59 bits per heavy atom. The average molecular weight is 242 g/mol. The quantitative estimate of drug-likeness (QED) is 0.490. The van der Waals surface area contributed by atoms with Gasteiger partial charge in [-0.25, -0.2) is 0 Å². The molecule has 96 valence electrons. The fourth-order valence-electron chi connectivity index (χ4n) is 1.92. The van der Waals surface area contributed by atoms with E-state index in [-0.39, 0.29) is 30.1 Å². The fourth-order valence-corrected chi connectivity index (χ4v) is 1.92. The summed E-state index contributed by atoms with van der Waals surface area (Å²) in [6, 6.07) is -0.459. The molecular weight excluding hydrogens is 224 g/mol. The van der Waals surface area contributed by atoms with Crippen LogP contribution in [0.15, 0.2) is 0 Å². The van der Waals surface area contributed by atoms with E-state index in [2.05, 4.69) is 4.74 Å². The van der Waals surface area contributed by atoms with Crippen molar-refractivity contribution < 1.29 is 19.1 Å². The van der Waals surface area contributed by atoms with Crippen LogP contribution in [0.4, 0.5) is 0 Å². The van der Waals surface area contributed by atoms with Gasteiger partial charge in [0.15, 0.2) is 0 Å². The zero-order chi connectivity index (χ0) is 13.2. The Bertz CT molecular complexity index is 342. The molecule has 0 bridgehead atoms. The molecule has 2 atom stereocenters. The molecule has 1 aliphatic rings. The lowest BCUT2D eigenvalue weighted by molar-refractivity contribution is -0.146. The van der Waals surface area contributed by atoms with E-state index in [1.165, 1.54) is 14.2 Å². The lowest BCUT2D eigenvalue weighted by Crippen LogP contribution is -2.41. The molecule has 0 aliphatic carbocycles. The second kappa shape index (κ2) is 5.27. The standard InChI is InChI=1S/C11H18N2O4/c1-7(11(16)17-4)6-12(2)8-5-9(14)13(3)10(8)15/h7-8H,5-6H2,1-4H3. The normalized spacial score (nSPS) is 22.2. The predicted octanol–water partition coefficient (Wildman–Crippen LogP) is -0.515. The van der Waals surface area contributed by atoms with Gasteiger partial charge in [-0.3, -0.25) is 24.2 Å². The number of nitrogens with zero attached hydrogens (tertiary/aromatic N) is 2. The number of carbonyl (C=O) groups is 3. The van der Waals surface area contributed by atoms with E-state index in [9.17, 15) is 14.4 Å². The van der Waals surface area contributed by atoms with Crippen molar-refractivity contribution in [3.05, 3.63) is 0 Å². The lowest BCUT2D eigenvalue weighted by Gasteiger charge is -2.24. The number of rotatable bonds is 4. The summed E-state index contributed by atoms with van der Waals surface area (Å²) in [5, 5.41) is 0. The van der Waals surface area contributed by atoms with E-state index in [4.69, 9.17) is 0 Å². The Kier molecular flexibility index (Phi) is 4.22. The van der Waals surface area contributed by atoms with E-state index in [1.807, 2.05) is 0 Å². The van der Waals surface area contributed by atoms with E-state index < -0.39 is 6.04 Å². The van der Waals surface area contributed by atoms with Gasteiger partial charge in [-0.1, -0.05) is 6.92 Å². The number of likely N-dealkylation sites (N-methyl/N-ethyl adjacent to an activating group) is 2. The average Bonchev–Trinajstić information content (AvgIpc) is 2.55. The molecule has 1 fully saturated rings. The Morgan fingerprint density at radius 3 is 2.59 bits per heavy atom. The van der Waals surface area contributed by atoms with Gasteiger partial charge in [-0.15, -0.1) is 0 Å². The van der Waals surface area contributed by atoms with Crippen LogP contribution in [0.25, 0.3) is 0 Å². The molecule has 0 radical (unpaired) electrons. The van der Waals surface area contributed by atoms with Crippen molar-refractivity contribution in [1.82, 2.24) is 9.80 Å². The van der Waals surface area contributed by atoms with Gasteiger partial charge in [0.1, 0.15) is 0 Å². The molecule has 6 nitrogen and oxygen atoms in total. The van der Waals surface area contributed by atoms with Crippen LogP contribution in [0, 0.1) is 5.92 Å². The monoisotopic (exact) mass is 242 g/mol. The van der Waals surface area contributed by atoms with Gasteiger partial charge < -0.3 is 4.74 Å². The molecule has 0 spiro atoms. The minimum atomic E-state index is -0.459. The maximum absolute atomic E-state index is 11.7. The summed E-state index contributed by atoms with van der Waals surface area (Å²) in [6.07, 6.45) is 0.180. The van der Waals surface area contributed by atoms with Crippen molar-refractivity contribution in [1.29, 1.82) is 0 Å². The molecule has 17 heavy (non-hydrogen) atoms. The Labute approximate surface area is 101 Å². The maximum atomic E-state index is 11.7. The summed E-state index contributed by atoms with van der Waals surface area (Å²) in [5.74, 6) is -1.03. The number of carbonyl (C=O) groups excluding carboxylic acids is 3. The van der Waals surface area contributed by atoms with Crippen LogP contribution in [0.2, 0.25) is 0 Å². The van der Waals surface area contributed by atoms with Crippen molar-refractivity contribution in [2.75, 3.05) is 27.7 Å². The topological polar surface area (TPSA) is 66.9 Å². The van der Waals surface area contributed by atoms with Crippen molar-refractivity contribution in [3.8, 4) is 0 Å².